The van der Waals surface area contributed by atoms with E-state index in [0.717, 1.165) is 24.6 Å². The van der Waals surface area contributed by atoms with Crippen LogP contribution in [0.2, 0.25) is 0 Å². The molecule has 1 saturated heterocycles. The van der Waals surface area contributed by atoms with Crippen LogP contribution in [0.4, 0.5) is 0 Å². The van der Waals surface area contributed by atoms with Gasteiger partial charge in [0.15, 0.2) is 5.96 Å². The lowest BCUT2D eigenvalue weighted by atomic mass is 10.5. The number of hydrogen-bond donors (Lipinski definition) is 1. The monoisotopic (exact) mass is 280 g/mol. The number of hydrogen-bond acceptors (Lipinski definition) is 4. The van der Waals surface area contributed by atoms with Crippen LogP contribution in [0.1, 0.15) is 0 Å². The third kappa shape index (κ3) is 4.72. The van der Waals surface area contributed by atoms with Gasteiger partial charge in [0.25, 0.3) is 0 Å². The van der Waals surface area contributed by atoms with Gasteiger partial charge in [0, 0.05) is 38.7 Å². The lowest BCUT2D eigenvalue weighted by Gasteiger charge is -2.27. The lowest BCUT2D eigenvalue weighted by Crippen LogP contribution is -2.43. The highest BCUT2D eigenvalue weighted by Crippen LogP contribution is 2.08. The average molecular weight is 280 g/mol. The number of rotatable bonds is 4. The van der Waals surface area contributed by atoms with Crippen LogP contribution in [0.15, 0.2) is 4.99 Å². The van der Waals surface area contributed by atoms with Crippen LogP contribution >= 0.6 is 11.8 Å². The number of aliphatic imine (C=N–C) groups is 1. The predicted octanol–water partition coefficient (Wildman–Crippen LogP) is -0.759. The van der Waals surface area contributed by atoms with E-state index in [-0.39, 0.29) is 12.3 Å². The zero-order valence-corrected chi connectivity index (χ0v) is 11.9. The van der Waals surface area contributed by atoms with E-state index in [1.165, 1.54) is 18.4 Å². The van der Waals surface area contributed by atoms with Gasteiger partial charge in [-0.3, -0.25) is 4.99 Å². The summed E-state index contributed by atoms with van der Waals surface area (Å²) in [4.78, 5) is 6.12. The molecule has 0 bridgehead atoms. The highest BCUT2D eigenvalue weighted by atomic mass is 32.2. The van der Waals surface area contributed by atoms with Crippen LogP contribution in [-0.4, -0.2) is 74.6 Å². The van der Waals surface area contributed by atoms with Crippen LogP contribution in [0.25, 0.3) is 0 Å². The van der Waals surface area contributed by atoms with E-state index in [1.54, 1.807) is 0 Å². The summed E-state index contributed by atoms with van der Waals surface area (Å²) >= 11 is 1.89. The minimum atomic E-state index is -3.18. The minimum absolute atomic E-state index is 0.00326. The molecule has 8 heteroatoms. The van der Waals surface area contributed by atoms with Crippen molar-refractivity contribution in [2.24, 2.45) is 10.7 Å². The third-order valence-electron chi connectivity index (χ3n) is 2.51. The highest BCUT2D eigenvalue weighted by molar-refractivity contribution is 7.99. The second-order valence-corrected chi connectivity index (χ2v) is 7.46. The highest BCUT2D eigenvalue weighted by Gasteiger charge is 2.14. The Hall–Kier alpha value is -0.470. The van der Waals surface area contributed by atoms with Crippen LogP contribution in [-0.2, 0) is 10.0 Å². The van der Waals surface area contributed by atoms with E-state index >= 15 is 0 Å². The normalized spacial score (nSPS) is 18.8. The van der Waals surface area contributed by atoms with E-state index < -0.39 is 10.0 Å². The van der Waals surface area contributed by atoms with Gasteiger partial charge in [-0.05, 0) is 0 Å². The van der Waals surface area contributed by atoms with Gasteiger partial charge in [-0.25, -0.2) is 12.7 Å². The Morgan fingerprint density at radius 3 is 2.53 bits per heavy atom. The fourth-order valence-corrected chi connectivity index (χ4v) is 2.94. The Labute approximate surface area is 107 Å². The van der Waals surface area contributed by atoms with Crippen LogP contribution in [0.3, 0.4) is 0 Å². The molecule has 0 atom stereocenters. The first kappa shape index (κ1) is 14.6. The molecule has 1 heterocycles. The zero-order chi connectivity index (χ0) is 12.9. The number of thioether (sulfide) groups is 1. The van der Waals surface area contributed by atoms with E-state index in [2.05, 4.69) is 4.99 Å². The molecule has 1 aliphatic heterocycles. The SMILES string of the molecule is CN(C)S(=O)(=O)CCN=C(N)N1CCSCC1. The molecule has 0 saturated carbocycles. The van der Waals surface area contributed by atoms with Gasteiger partial charge in [0.2, 0.25) is 10.0 Å². The van der Waals surface area contributed by atoms with Gasteiger partial charge in [-0.15, -0.1) is 0 Å². The predicted molar refractivity (Wildman–Crippen MR) is 72.9 cm³/mol. The zero-order valence-electron chi connectivity index (χ0n) is 10.3. The summed E-state index contributed by atoms with van der Waals surface area (Å²) in [6, 6.07) is 0. The molecule has 0 radical (unpaired) electrons. The van der Waals surface area contributed by atoms with Crippen molar-refractivity contribution < 1.29 is 8.42 Å². The van der Waals surface area contributed by atoms with Crippen molar-refractivity contribution in [3.05, 3.63) is 0 Å². The maximum atomic E-state index is 11.5. The van der Waals surface area contributed by atoms with E-state index in [0.29, 0.717) is 5.96 Å². The second-order valence-electron chi connectivity index (χ2n) is 3.94. The second kappa shape index (κ2) is 6.46. The standard InChI is InChI=1S/C9H20N4O2S2/c1-12(2)17(14,15)8-3-11-9(10)13-4-6-16-7-5-13/h3-8H2,1-2H3,(H2,10,11). The van der Waals surface area contributed by atoms with Gasteiger partial charge >= 0.3 is 0 Å². The van der Waals surface area contributed by atoms with Crippen LogP contribution < -0.4 is 5.73 Å². The van der Waals surface area contributed by atoms with Gasteiger partial charge < -0.3 is 10.6 Å². The Bertz CT molecular complexity index is 361. The largest absolute Gasteiger partial charge is 0.370 e. The van der Waals surface area contributed by atoms with E-state index in [4.69, 9.17) is 5.73 Å². The maximum absolute atomic E-state index is 11.5. The fourth-order valence-electron chi connectivity index (χ4n) is 1.35. The van der Waals surface area contributed by atoms with E-state index in [9.17, 15) is 8.42 Å². The molecule has 0 amide bonds. The van der Waals surface area contributed by atoms with Crippen molar-refractivity contribution >= 4 is 27.7 Å². The molecule has 1 rings (SSSR count). The first-order valence-corrected chi connectivity index (χ1v) is 8.22. The van der Waals surface area contributed by atoms with Crippen molar-refractivity contribution in [1.82, 2.24) is 9.21 Å². The van der Waals surface area contributed by atoms with Gasteiger partial charge in [0.05, 0.1) is 12.3 Å². The average Bonchev–Trinajstić information content (AvgIpc) is 2.29. The molecule has 0 aliphatic carbocycles. The lowest BCUT2D eigenvalue weighted by molar-refractivity contribution is 0.456. The van der Waals surface area contributed by atoms with Crippen molar-refractivity contribution in [3.8, 4) is 0 Å². The molecule has 0 unspecified atom stereocenters. The summed E-state index contributed by atoms with van der Waals surface area (Å²) in [5.74, 6) is 2.56. The molecular weight excluding hydrogens is 260 g/mol. The van der Waals surface area contributed by atoms with Crippen molar-refractivity contribution in [1.29, 1.82) is 0 Å². The van der Waals surface area contributed by atoms with Crippen LogP contribution in [0, 0.1) is 0 Å². The van der Waals surface area contributed by atoms with E-state index in [1.807, 2.05) is 16.7 Å². The summed E-state index contributed by atoms with van der Waals surface area (Å²) in [5.41, 5.74) is 5.81. The molecule has 0 aromatic rings. The molecule has 2 N–H and O–H groups in total. The molecule has 0 aromatic carbocycles. The van der Waals surface area contributed by atoms with Gasteiger partial charge in [-0.1, -0.05) is 0 Å². The maximum Gasteiger partial charge on any atom is 0.215 e. The summed E-state index contributed by atoms with van der Waals surface area (Å²) in [6.45, 7) is 2.00. The molecule has 1 aliphatic rings. The first-order chi connectivity index (χ1) is 7.93. The van der Waals surface area contributed by atoms with Crippen molar-refractivity contribution in [3.63, 3.8) is 0 Å². The Morgan fingerprint density at radius 2 is 2.00 bits per heavy atom. The molecular formula is C9H20N4O2S2. The number of sulfonamides is 1. The number of nitrogens with zero attached hydrogens (tertiary/aromatic N) is 3. The van der Waals surface area contributed by atoms with Gasteiger partial charge in [-0.2, -0.15) is 11.8 Å². The summed E-state index contributed by atoms with van der Waals surface area (Å²) in [5, 5.41) is 0. The Balaban J connectivity index is 2.42. The molecule has 0 spiro atoms. The number of guanidine groups is 1. The summed E-state index contributed by atoms with van der Waals surface area (Å²) in [6.07, 6.45) is 0. The Morgan fingerprint density at radius 1 is 1.41 bits per heavy atom. The smallest absolute Gasteiger partial charge is 0.215 e. The molecule has 17 heavy (non-hydrogen) atoms. The quantitative estimate of drug-likeness (QED) is 0.541. The van der Waals surface area contributed by atoms with Crippen molar-refractivity contribution in [2.75, 3.05) is 51.0 Å². The van der Waals surface area contributed by atoms with Gasteiger partial charge in [0.1, 0.15) is 0 Å². The third-order valence-corrected chi connectivity index (χ3v) is 5.27. The van der Waals surface area contributed by atoms with Crippen molar-refractivity contribution in [2.45, 2.75) is 0 Å². The molecule has 6 nitrogen and oxygen atoms in total. The Kier molecular flexibility index (Phi) is 5.54. The number of nitrogens with two attached hydrogens (primary N) is 1. The molecule has 0 aromatic heterocycles. The molecule has 100 valence electrons. The molecule has 1 fully saturated rings. The summed E-state index contributed by atoms with van der Waals surface area (Å²) < 4.78 is 24.2. The summed E-state index contributed by atoms with van der Waals surface area (Å²) in [7, 11) is -0.140. The minimum Gasteiger partial charge on any atom is -0.370 e. The topological polar surface area (TPSA) is 79.0 Å². The fraction of sp³-hybridized carbons (Fsp3) is 0.889. The first-order valence-electron chi connectivity index (χ1n) is 5.46. The van der Waals surface area contributed by atoms with Crippen LogP contribution in [0.5, 0.6) is 0 Å².